The van der Waals surface area contributed by atoms with Crippen molar-refractivity contribution >= 4 is 11.6 Å². The van der Waals surface area contributed by atoms with E-state index in [2.05, 4.69) is 4.98 Å². The third-order valence-corrected chi connectivity index (χ3v) is 2.93. The maximum atomic E-state index is 12.7. The summed E-state index contributed by atoms with van der Waals surface area (Å²) >= 11 is 6.01. The number of nitrogens with zero attached hydrogens (tertiary/aromatic N) is 2. The maximum absolute atomic E-state index is 12.7. The Bertz CT molecular complexity index is 675. The summed E-state index contributed by atoms with van der Waals surface area (Å²) in [7, 11) is 0. The highest BCUT2D eigenvalue weighted by atomic mass is 35.5. The third kappa shape index (κ3) is 3.09. The summed E-state index contributed by atoms with van der Waals surface area (Å²) in [6, 6.07) is 8.29. The molecule has 0 unspecified atom stereocenters. The van der Waals surface area contributed by atoms with Gasteiger partial charge >= 0.3 is 6.18 Å². The summed E-state index contributed by atoms with van der Waals surface area (Å²) < 4.78 is 38.0. The van der Waals surface area contributed by atoms with Crippen molar-refractivity contribution in [3.63, 3.8) is 0 Å². The van der Waals surface area contributed by atoms with Crippen LogP contribution in [0.5, 0.6) is 0 Å². The highest BCUT2D eigenvalue weighted by Gasteiger charge is 2.30. The molecule has 0 radical (unpaired) electrons. The highest BCUT2D eigenvalue weighted by molar-refractivity contribution is 6.33. The minimum Gasteiger partial charge on any atom is -0.254 e. The molecule has 0 fully saturated rings. The lowest BCUT2D eigenvalue weighted by molar-refractivity contribution is -0.137. The first kappa shape index (κ1) is 14.4. The van der Waals surface area contributed by atoms with Crippen LogP contribution in [0.25, 0.3) is 11.3 Å². The van der Waals surface area contributed by atoms with Gasteiger partial charge < -0.3 is 0 Å². The first-order valence-corrected chi connectivity index (χ1v) is 5.98. The fraction of sp³-hybridized carbons (Fsp3) is 0.143. The Morgan fingerprint density at radius 3 is 2.60 bits per heavy atom. The predicted molar refractivity (Wildman–Crippen MR) is 69.0 cm³/mol. The van der Waals surface area contributed by atoms with Crippen molar-refractivity contribution in [2.24, 2.45) is 0 Å². The van der Waals surface area contributed by atoms with Crippen molar-refractivity contribution in [2.75, 3.05) is 0 Å². The van der Waals surface area contributed by atoms with Crippen molar-refractivity contribution in [3.8, 4) is 17.3 Å². The first-order chi connectivity index (χ1) is 9.41. The van der Waals surface area contributed by atoms with Gasteiger partial charge in [-0.2, -0.15) is 18.4 Å². The number of hydrogen-bond donors (Lipinski definition) is 0. The molecule has 0 spiro atoms. The van der Waals surface area contributed by atoms with Crippen molar-refractivity contribution in [1.29, 1.82) is 5.26 Å². The number of hydrogen-bond acceptors (Lipinski definition) is 2. The van der Waals surface area contributed by atoms with Crippen molar-refractivity contribution in [3.05, 3.63) is 52.7 Å². The summed E-state index contributed by atoms with van der Waals surface area (Å²) in [5.41, 5.74) is 0.412. The van der Waals surface area contributed by atoms with Gasteiger partial charge in [0.2, 0.25) is 0 Å². The van der Waals surface area contributed by atoms with Crippen LogP contribution in [-0.4, -0.2) is 4.98 Å². The molecule has 0 atom stereocenters. The second-order valence-electron chi connectivity index (χ2n) is 4.09. The SMILES string of the molecule is N#CCc1cnc(-c2cccc(C(F)(F)F)c2)c(Cl)c1. The van der Waals surface area contributed by atoms with E-state index < -0.39 is 11.7 Å². The predicted octanol–water partition coefficient (Wildman–Crippen LogP) is 4.49. The number of pyridine rings is 1. The average molecular weight is 297 g/mol. The molecule has 0 aliphatic carbocycles. The lowest BCUT2D eigenvalue weighted by Gasteiger charge is -2.09. The Hall–Kier alpha value is -2.06. The molecule has 2 nitrogen and oxygen atoms in total. The number of alkyl halides is 3. The summed E-state index contributed by atoms with van der Waals surface area (Å²) in [6.07, 6.45) is -2.83. The van der Waals surface area contributed by atoms with Crippen LogP contribution in [0.4, 0.5) is 13.2 Å². The molecule has 2 aromatic rings. The second kappa shape index (κ2) is 5.51. The van der Waals surface area contributed by atoms with Crippen molar-refractivity contribution < 1.29 is 13.2 Å². The fourth-order valence-corrected chi connectivity index (χ4v) is 2.02. The number of nitriles is 1. The molecule has 6 heteroatoms. The molecule has 102 valence electrons. The van der Waals surface area contributed by atoms with Crippen molar-refractivity contribution in [2.45, 2.75) is 12.6 Å². The van der Waals surface area contributed by atoms with Gasteiger partial charge in [-0.15, -0.1) is 0 Å². The average Bonchev–Trinajstić information content (AvgIpc) is 2.38. The van der Waals surface area contributed by atoms with Crippen LogP contribution < -0.4 is 0 Å². The summed E-state index contributed by atoms with van der Waals surface area (Å²) in [5.74, 6) is 0. The molecule has 0 bridgehead atoms. The largest absolute Gasteiger partial charge is 0.416 e. The van der Waals surface area contributed by atoms with Gasteiger partial charge in [-0.1, -0.05) is 23.7 Å². The number of rotatable bonds is 2. The molecule has 0 saturated carbocycles. The second-order valence-corrected chi connectivity index (χ2v) is 4.49. The molecule has 2 rings (SSSR count). The molecule has 0 N–H and O–H groups in total. The van der Waals surface area contributed by atoms with E-state index in [0.29, 0.717) is 5.56 Å². The van der Waals surface area contributed by atoms with Gasteiger partial charge in [0, 0.05) is 11.8 Å². The van der Waals surface area contributed by atoms with E-state index in [1.165, 1.54) is 24.4 Å². The topological polar surface area (TPSA) is 36.7 Å². The zero-order valence-corrected chi connectivity index (χ0v) is 10.8. The maximum Gasteiger partial charge on any atom is 0.416 e. The monoisotopic (exact) mass is 296 g/mol. The summed E-state index contributed by atoms with van der Waals surface area (Å²) in [5, 5.41) is 8.80. The van der Waals surface area contributed by atoms with Crippen LogP contribution in [0.1, 0.15) is 11.1 Å². The van der Waals surface area contributed by atoms with Gasteiger partial charge in [0.25, 0.3) is 0 Å². The van der Waals surface area contributed by atoms with Crippen LogP contribution in [0.2, 0.25) is 5.02 Å². The molecule has 0 aliphatic rings. The number of aromatic nitrogens is 1. The van der Waals surface area contributed by atoms with Crippen LogP contribution in [0.3, 0.4) is 0 Å². The molecular formula is C14H8ClF3N2. The molecule has 0 aliphatic heterocycles. The van der Waals surface area contributed by atoms with Gasteiger partial charge in [0.05, 0.1) is 28.8 Å². The minimum absolute atomic E-state index is 0.148. The van der Waals surface area contributed by atoms with Gasteiger partial charge in [-0.25, -0.2) is 0 Å². The molecule has 1 heterocycles. The quantitative estimate of drug-likeness (QED) is 0.819. The van der Waals surface area contributed by atoms with E-state index >= 15 is 0 Å². The number of benzene rings is 1. The Morgan fingerprint density at radius 2 is 2.00 bits per heavy atom. The zero-order chi connectivity index (χ0) is 14.8. The fourth-order valence-electron chi connectivity index (χ4n) is 1.72. The molecular weight excluding hydrogens is 289 g/mol. The highest BCUT2D eigenvalue weighted by Crippen LogP contribution is 2.33. The van der Waals surface area contributed by atoms with Crippen LogP contribution in [0, 0.1) is 11.3 Å². The summed E-state index contributed by atoms with van der Waals surface area (Å²) in [6.45, 7) is 0. The molecule has 1 aromatic carbocycles. The summed E-state index contributed by atoms with van der Waals surface area (Å²) in [4.78, 5) is 4.04. The molecule has 0 saturated heterocycles. The molecule has 0 amide bonds. The standard InChI is InChI=1S/C14H8ClF3N2/c15-12-6-9(4-5-19)8-20-13(12)10-2-1-3-11(7-10)14(16,17)18/h1-3,6-8H,4H2. The van der Waals surface area contributed by atoms with Crippen LogP contribution in [0.15, 0.2) is 36.5 Å². The van der Waals surface area contributed by atoms with E-state index in [4.69, 9.17) is 16.9 Å². The van der Waals surface area contributed by atoms with Gasteiger partial charge in [0.1, 0.15) is 0 Å². The van der Waals surface area contributed by atoms with Crippen LogP contribution in [-0.2, 0) is 12.6 Å². The first-order valence-electron chi connectivity index (χ1n) is 5.61. The Morgan fingerprint density at radius 1 is 1.25 bits per heavy atom. The lowest BCUT2D eigenvalue weighted by Crippen LogP contribution is -2.04. The van der Waals surface area contributed by atoms with E-state index in [9.17, 15) is 13.2 Å². The van der Waals surface area contributed by atoms with E-state index in [1.807, 2.05) is 6.07 Å². The molecule has 20 heavy (non-hydrogen) atoms. The molecule has 1 aromatic heterocycles. The van der Waals surface area contributed by atoms with Gasteiger partial charge in [0.15, 0.2) is 0 Å². The lowest BCUT2D eigenvalue weighted by atomic mass is 10.1. The Balaban J connectivity index is 2.45. The number of halogens is 4. The minimum atomic E-state index is -4.41. The van der Waals surface area contributed by atoms with E-state index in [0.717, 1.165) is 12.1 Å². The zero-order valence-electron chi connectivity index (χ0n) is 10.1. The smallest absolute Gasteiger partial charge is 0.254 e. The Labute approximate surface area is 118 Å². The third-order valence-electron chi connectivity index (χ3n) is 2.64. The Kier molecular flexibility index (Phi) is 3.96. The van der Waals surface area contributed by atoms with Crippen molar-refractivity contribution in [1.82, 2.24) is 4.98 Å². The van der Waals surface area contributed by atoms with Crippen LogP contribution >= 0.6 is 11.6 Å². The normalized spacial score (nSPS) is 11.2. The van der Waals surface area contributed by atoms with E-state index in [-0.39, 0.29) is 22.7 Å². The van der Waals surface area contributed by atoms with E-state index in [1.54, 1.807) is 0 Å². The van der Waals surface area contributed by atoms with Gasteiger partial charge in [-0.3, -0.25) is 4.98 Å². The van der Waals surface area contributed by atoms with Gasteiger partial charge in [-0.05, 0) is 23.8 Å².